The van der Waals surface area contributed by atoms with Crippen LogP contribution in [0.1, 0.15) is 239 Å². The van der Waals surface area contributed by atoms with Gasteiger partial charge in [-0.1, -0.05) is 211 Å². The summed E-state index contributed by atoms with van der Waals surface area (Å²) in [6, 6.07) is -0.864. The molecule has 3 N–H and O–H groups in total. The van der Waals surface area contributed by atoms with Gasteiger partial charge in [-0.2, -0.15) is 0 Å². The fourth-order valence-corrected chi connectivity index (χ4v) is 8.20. The molecule has 9 heteroatoms. The zero-order valence-corrected chi connectivity index (χ0v) is 41.8. The van der Waals surface area contributed by atoms with Gasteiger partial charge in [-0.15, -0.1) is 0 Å². The molecule has 0 saturated heterocycles. The van der Waals surface area contributed by atoms with Crippen LogP contribution in [0.25, 0.3) is 0 Å². The van der Waals surface area contributed by atoms with Crippen molar-refractivity contribution in [2.45, 2.75) is 251 Å². The Balaban J connectivity index is 4.35. The molecule has 0 radical (unpaired) electrons. The van der Waals surface area contributed by atoms with Gasteiger partial charge in [0.05, 0.1) is 39.9 Å². The van der Waals surface area contributed by atoms with Crippen LogP contribution in [0.4, 0.5) is 0 Å². The summed E-state index contributed by atoms with van der Waals surface area (Å²) in [6.45, 7) is 4.80. The van der Waals surface area contributed by atoms with Crippen molar-refractivity contribution in [2.75, 3.05) is 40.9 Å². The molecule has 61 heavy (non-hydrogen) atoms. The quantitative estimate of drug-likeness (QED) is 0.0243. The third-order valence-corrected chi connectivity index (χ3v) is 12.6. The monoisotopic (exact) mass is 882 g/mol. The molecule has 0 aromatic heterocycles. The molecule has 0 aromatic rings. The maximum absolute atomic E-state index is 12.9. The molecule has 8 nitrogen and oxygen atoms in total. The van der Waals surface area contributed by atoms with Crippen LogP contribution in [0.5, 0.6) is 0 Å². The summed E-state index contributed by atoms with van der Waals surface area (Å²) in [5.41, 5.74) is 0. The molecular formula is C52H102N2O6P+. The molecule has 0 heterocycles. The second-order valence-electron chi connectivity index (χ2n) is 18.9. The molecule has 3 unspecified atom stereocenters. The van der Waals surface area contributed by atoms with Gasteiger partial charge in [0.25, 0.3) is 0 Å². The Kier molecular flexibility index (Phi) is 43.0. The largest absolute Gasteiger partial charge is 0.472 e. The number of aliphatic hydroxyl groups excluding tert-OH is 1. The number of nitrogens with one attached hydrogen (secondary N) is 1. The predicted molar refractivity (Wildman–Crippen MR) is 263 cm³/mol. The summed E-state index contributed by atoms with van der Waals surface area (Å²) in [4.78, 5) is 23.2. The molecule has 0 aliphatic heterocycles. The van der Waals surface area contributed by atoms with Gasteiger partial charge in [-0.05, 0) is 57.8 Å². The number of phosphoric acid groups is 1. The highest BCUT2D eigenvalue weighted by Gasteiger charge is 2.27. The Bertz CT molecular complexity index is 1090. The fourth-order valence-electron chi connectivity index (χ4n) is 7.46. The van der Waals surface area contributed by atoms with Crippen LogP contribution < -0.4 is 5.32 Å². The molecular weight excluding hydrogens is 780 g/mol. The minimum absolute atomic E-state index is 0.0557. The number of hydrogen-bond donors (Lipinski definition) is 3. The Morgan fingerprint density at radius 2 is 0.902 bits per heavy atom. The van der Waals surface area contributed by atoms with Crippen molar-refractivity contribution in [3.8, 4) is 0 Å². The topological polar surface area (TPSA) is 105 Å². The summed E-state index contributed by atoms with van der Waals surface area (Å²) in [7, 11) is 1.56. The number of likely N-dealkylation sites (N-methyl/N-ethyl adjacent to an activating group) is 1. The zero-order chi connectivity index (χ0) is 45.0. The molecule has 0 bridgehead atoms. The van der Waals surface area contributed by atoms with E-state index in [2.05, 4.69) is 43.5 Å². The summed E-state index contributed by atoms with van der Waals surface area (Å²) in [6.07, 6.45) is 55.1. The van der Waals surface area contributed by atoms with Crippen molar-refractivity contribution in [3.05, 3.63) is 36.5 Å². The number of allylic oxidation sites excluding steroid dienone is 5. The number of aliphatic hydroxyl groups is 1. The Hall–Kier alpha value is -1.28. The maximum atomic E-state index is 12.9. The highest BCUT2D eigenvalue weighted by molar-refractivity contribution is 7.47. The number of carbonyl (C=O) groups excluding carboxylic acids is 1. The molecule has 0 fully saturated rings. The Morgan fingerprint density at radius 1 is 0.541 bits per heavy atom. The fraction of sp³-hybridized carbons (Fsp3) is 0.865. The molecule has 1 amide bonds. The summed E-state index contributed by atoms with van der Waals surface area (Å²) < 4.78 is 23.6. The minimum Gasteiger partial charge on any atom is -0.387 e. The Morgan fingerprint density at radius 3 is 1.31 bits per heavy atom. The minimum atomic E-state index is -4.35. The molecule has 0 saturated carbocycles. The number of rotatable bonds is 47. The smallest absolute Gasteiger partial charge is 0.387 e. The maximum Gasteiger partial charge on any atom is 0.472 e. The average Bonchev–Trinajstić information content (AvgIpc) is 3.21. The van der Waals surface area contributed by atoms with E-state index in [1.54, 1.807) is 6.08 Å². The van der Waals surface area contributed by atoms with E-state index in [0.717, 1.165) is 38.5 Å². The number of carbonyl (C=O) groups is 1. The van der Waals surface area contributed by atoms with Crippen molar-refractivity contribution in [2.24, 2.45) is 0 Å². The van der Waals surface area contributed by atoms with Crippen molar-refractivity contribution < 1.29 is 32.9 Å². The number of amides is 1. The second kappa shape index (κ2) is 43.9. The van der Waals surface area contributed by atoms with E-state index in [9.17, 15) is 19.4 Å². The van der Waals surface area contributed by atoms with Gasteiger partial charge in [-0.25, -0.2) is 4.57 Å². The number of phosphoric ester groups is 1. The lowest BCUT2D eigenvalue weighted by atomic mass is 10.0. The molecule has 360 valence electrons. The van der Waals surface area contributed by atoms with Crippen LogP contribution >= 0.6 is 7.82 Å². The lowest BCUT2D eigenvalue weighted by molar-refractivity contribution is -0.870. The number of unbranched alkanes of at least 4 members (excludes halogenated alkanes) is 30. The third-order valence-electron chi connectivity index (χ3n) is 11.6. The number of hydrogen-bond acceptors (Lipinski definition) is 5. The van der Waals surface area contributed by atoms with Crippen LogP contribution in [-0.4, -0.2) is 73.4 Å². The van der Waals surface area contributed by atoms with Gasteiger partial charge in [0, 0.05) is 6.42 Å². The van der Waals surface area contributed by atoms with E-state index in [1.807, 2.05) is 27.2 Å². The van der Waals surface area contributed by atoms with Crippen molar-refractivity contribution in [1.29, 1.82) is 0 Å². The molecule has 0 spiro atoms. The molecule has 0 aliphatic carbocycles. The average molecular weight is 882 g/mol. The zero-order valence-electron chi connectivity index (χ0n) is 40.9. The molecule has 0 aromatic carbocycles. The van der Waals surface area contributed by atoms with Crippen LogP contribution in [0.2, 0.25) is 0 Å². The molecule has 0 rings (SSSR count). The first-order chi connectivity index (χ1) is 29.5. The lowest BCUT2D eigenvalue weighted by Gasteiger charge is -2.25. The van der Waals surface area contributed by atoms with Gasteiger partial charge in [0.1, 0.15) is 13.2 Å². The van der Waals surface area contributed by atoms with Gasteiger partial charge in [0.2, 0.25) is 5.91 Å². The third kappa shape index (κ3) is 46.5. The number of quaternary nitrogens is 1. The van der Waals surface area contributed by atoms with Crippen LogP contribution in [0.15, 0.2) is 36.5 Å². The first kappa shape index (κ1) is 59.7. The van der Waals surface area contributed by atoms with Crippen molar-refractivity contribution in [3.63, 3.8) is 0 Å². The number of nitrogens with zero attached hydrogens (tertiary/aromatic N) is 1. The summed E-state index contributed by atoms with van der Waals surface area (Å²) in [5, 5.41) is 13.9. The van der Waals surface area contributed by atoms with Gasteiger partial charge in [-0.3, -0.25) is 13.8 Å². The summed E-state index contributed by atoms with van der Waals surface area (Å²) >= 11 is 0. The summed E-state index contributed by atoms with van der Waals surface area (Å²) in [5.74, 6) is -0.190. The van der Waals surface area contributed by atoms with Crippen molar-refractivity contribution in [1.82, 2.24) is 5.32 Å². The SMILES string of the molecule is CCCCCCCC/C=C\CCCCCCCCCC(=O)NC(COP(=O)(O)OCC[N+](C)(C)C)C(O)/C=C/CC/C=C/CCCCCCCCCCCCCCCCCC. The van der Waals surface area contributed by atoms with E-state index >= 15 is 0 Å². The standard InChI is InChI=1S/C52H101N2O6P/c1-6-8-10-12-14-16-18-20-22-24-25-26-27-28-30-31-33-35-37-39-41-43-45-51(55)50(49-60-61(57,58)59-48-47-54(3,4)5)53-52(56)46-44-42-40-38-36-34-32-29-23-21-19-17-15-13-11-9-7-2/h21,23,35,37,43,45,50-51,55H,6-20,22,24-34,36,38-42,44,46-49H2,1-5H3,(H-,53,56,57,58)/p+1/b23-21-,37-35+,45-43+. The predicted octanol–water partition coefficient (Wildman–Crippen LogP) is 15.0. The van der Waals surface area contributed by atoms with E-state index in [1.165, 1.54) is 180 Å². The van der Waals surface area contributed by atoms with Gasteiger partial charge in [0.15, 0.2) is 0 Å². The van der Waals surface area contributed by atoms with Gasteiger partial charge < -0.3 is 19.8 Å². The van der Waals surface area contributed by atoms with E-state index in [4.69, 9.17) is 9.05 Å². The highest BCUT2D eigenvalue weighted by Crippen LogP contribution is 2.43. The lowest BCUT2D eigenvalue weighted by Crippen LogP contribution is -2.45. The Labute approximate surface area is 378 Å². The van der Waals surface area contributed by atoms with Crippen LogP contribution in [-0.2, 0) is 18.4 Å². The first-order valence-corrected chi connectivity index (χ1v) is 27.4. The van der Waals surface area contributed by atoms with Crippen LogP contribution in [0, 0.1) is 0 Å². The normalized spacial score (nSPS) is 14.4. The van der Waals surface area contributed by atoms with E-state index < -0.39 is 20.0 Å². The molecule has 0 aliphatic rings. The molecule has 3 atom stereocenters. The van der Waals surface area contributed by atoms with E-state index in [-0.39, 0.29) is 19.1 Å². The van der Waals surface area contributed by atoms with E-state index in [0.29, 0.717) is 17.4 Å². The van der Waals surface area contributed by atoms with Crippen LogP contribution in [0.3, 0.4) is 0 Å². The van der Waals surface area contributed by atoms with Gasteiger partial charge >= 0.3 is 7.82 Å². The second-order valence-corrected chi connectivity index (χ2v) is 20.3. The highest BCUT2D eigenvalue weighted by atomic mass is 31.2. The first-order valence-electron chi connectivity index (χ1n) is 25.9. The van der Waals surface area contributed by atoms with Crippen molar-refractivity contribution >= 4 is 13.7 Å².